The standard InChI is InChI=1S/C13H19N3O/c1-4-9-5-8(6-11(14)15-9)12(17)16-10-7-13(10,2)3/h5-6,10H,4,7H2,1-3H3,(H2,14,15)(H,16,17). The quantitative estimate of drug-likeness (QED) is 0.835. The summed E-state index contributed by atoms with van der Waals surface area (Å²) in [4.78, 5) is 16.2. The van der Waals surface area contributed by atoms with E-state index in [4.69, 9.17) is 5.73 Å². The molecule has 1 amide bonds. The Balaban J connectivity index is 2.11. The molecule has 92 valence electrons. The Bertz CT molecular complexity index is 454. The molecule has 1 heterocycles. The first-order chi connectivity index (χ1) is 7.92. The lowest BCUT2D eigenvalue weighted by molar-refractivity contribution is 0.0946. The molecule has 1 aliphatic rings. The summed E-state index contributed by atoms with van der Waals surface area (Å²) < 4.78 is 0. The molecular formula is C13H19N3O. The maximum Gasteiger partial charge on any atom is 0.251 e. The first kappa shape index (κ1) is 11.9. The zero-order valence-corrected chi connectivity index (χ0v) is 10.6. The number of nitrogens with one attached hydrogen (secondary N) is 1. The molecule has 0 aliphatic heterocycles. The third-order valence-electron chi connectivity index (χ3n) is 3.34. The Labute approximate surface area is 102 Å². The van der Waals surface area contributed by atoms with Crippen molar-refractivity contribution in [3.8, 4) is 0 Å². The highest BCUT2D eigenvalue weighted by Gasteiger charge is 2.46. The predicted octanol–water partition coefficient (Wildman–Crippen LogP) is 1.75. The molecule has 1 aromatic heterocycles. The number of amides is 1. The van der Waals surface area contributed by atoms with E-state index in [1.54, 1.807) is 12.1 Å². The van der Waals surface area contributed by atoms with Gasteiger partial charge < -0.3 is 11.1 Å². The van der Waals surface area contributed by atoms with Gasteiger partial charge in [0.15, 0.2) is 0 Å². The van der Waals surface area contributed by atoms with Crippen molar-refractivity contribution in [1.29, 1.82) is 0 Å². The molecule has 1 fully saturated rings. The molecule has 1 aliphatic carbocycles. The largest absolute Gasteiger partial charge is 0.384 e. The van der Waals surface area contributed by atoms with Gasteiger partial charge in [0.25, 0.3) is 5.91 Å². The molecule has 3 N–H and O–H groups in total. The second kappa shape index (κ2) is 4.02. The van der Waals surface area contributed by atoms with E-state index in [2.05, 4.69) is 24.1 Å². The number of hydrogen-bond donors (Lipinski definition) is 2. The number of carbonyl (C=O) groups excluding carboxylic acids is 1. The minimum atomic E-state index is -0.0515. The van der Waals surface area contributed by atoms with Crippen LogP contribution in [0.1, 0.15) is 43.2 Å². The van der Waals surface area contributed by atoms with E-state index in [0.717, 1.165) is 18.5 Å². The van der Waals surface area contributed by atoms with Crippen molar-refractivity contribution in [2.24, 2.45) is 5.41 Å². The number of nitrogens with two attached hydrogens (primary N) is 1. The maximum absolute atomic E-state index is 12.0. The highest BCUT2D eigenvalue weighted by Crippen LogP contribution is 2.44. The van der Waals surface area contributed by atoms with E-state index >= 15 is 0 Å². The smallest absolute Gasteiger partial charge is 0.251 e. The summed E-state index contributed by atoms with van der Waals surface area (Å²) in [5, 5.41) is 3.02. The van der Waals surface area contributed by atoms with Gasteiger partial charge in [0.05, 0.1) is 0 Å². The lowest BCUT2D eigenvalue weighted by Gasteiger charge is -2.08. The van der Waals surface area contributed by atoms with Crippen molar-refractivity contribution >= 4 is 11.7 Å². The third kappa shape index (κ3) is 2.57. The number of rotatable bonds is 3. The van der Waals surface area contributed by atoms with Crippen LogP contribution < -0.4 is 11.1 Å². The molecule has 4 nitrogen and oxygen atoms in total. The van der Waals surface area contributed by atoms with Gasteiger partial charge >= 0.3 is 0 Å². The molecular weight excluding hydrogens is 214 g/mol. The Morgan fingerprint density at radius 3 is 2.76 bits per heavy atom. The highest BCUT2D eigenvalue weighted by atomic mass is 16.1. The summed E-state index contributed by atoms with van der Waals surface area (Å²) in [7, 11) is 0. The summed E-state index contributed by atoms with van der Waals surface area (Å²) >= 11 is 0. The first-order valence-electron chi connectivity index (χ1n) is 5.99. The zero-order valence-electron chi connectivity index (χ0n) is 10.6. The van der Waals surface area contributed by atoms with Crippen LogP contribution in [-0.4, -0.2) is 16.9 Å². The van der Waals surface area contributed by atoms with E-state index in [9.17, 15) is 4.79 Å². The zero-order chi connectivity index (χ0) is 12.6. The average Bonchev–Trinajstić information content (AvgIpc) is 2.85. The lowest BCUT2D eigenvalue weighted by Crippen LogP contribution is -2.28. The fourth-order valence-electron chi connectivity index (χ4n) is 1.88. The van der Waals surface area contributed by atoms with E-state index in [-0.39, 0.29) is 17.4 Å². The van der Waals surface area contributed by atoms with Crippen LogP contribution in [-0.2, 0) is 6.42 Å². The van der Waals surface area contributed by atoms with Crippen molar-refractivity contribution in [2.45, 2.75) is 39.7 Å². The molecule has 4 heteroatoms. The third-order valence-corrected chi connectivity index (χ3v) is 3.34. The minimum Gasteiger partial charge on any atom is -0.384 e. The monoisotopic (exact) mass is 233 g/mol. The fraction of sp³-hybridized carbons (Fsp3) is 0.538. The number of carbonyl (C=O) groups is 1. The molecule has 1 unspecified atom stereocenters. The van der Waals surface area contributed by atoms with Gasteiger partial charge in [-0.05, 0) is 30.4 Å². The topological polar surface area (TPSA) is 68.0 Å². The molecule has 0 spiro atoms. The minimum absolute atomic E-state index is 0.0515. The molecule has 0 radical (unpaired) electrons. The van der Waals surface area contributed by atoms with E-state index in [0.29, 0.717) is 11.4 Å². The van der Waals surface area contributed by atoms with Crippen LogP contribution in [0, 0.1) is 5.41 Å². The van der Waals surface area contributed by atoms with E-state index in [1.165, 1.54) is 0 Å². The first-order valence-corrected chi connectivity index (χ1v) is 5.99. The van der Waals surface area contributed by atoms with Crippen LogP contribution >= 0.6 is 0 Å². The van der Waals surface area contributed by atoms with Gasteiger partial charge in [0.1, 0.15) is 5.82 Å². The fourth-order valence-corrected chi connectivity index (χ4v) is 1.88. The summed E-state index contributed by atoms with van der Waals surface area (Å²) in [5.74, 6) is 0.355. The van der Waals surface area contributed by atoms with Crippen LogP contribution in [0.2, 0.25) is 0 Å². The van der Waals surface area contributed by atoms with Gasteiger partial charge in [-0.15, -0.1) is 0 Å². The summed E-state index contributed by atoms with van der Waals surface area (Å²) in [5.41, 5.74) is 7.38. The normalized spacial score (nSPS) is 21.0. The number of aryl methyl sites for hydroxylation is 1. The van der Waals surface area contributed by atoms with Gasteiger partial charge in [-0.2, -0.15) is 0 Å². The van der Waals surface area contributed by atoms with Gasteiger partial charge in [0.2, 0.25) is 0 Å². The predicted molar refractivity (Wildman–Crippen MR) is 67.7 cm³/mol. The second-order valence-corrected chi connectivity index (χ2v) is 5.34. The van der Waals surface area contributed by atoms with Crippen LogP contribution in [0.4, 0.5) is 5.82 Å². The molecule has 1 atom stereocenters. The van der Waals surface area contributed by atoms with Crippen LogP contribution in [0.15, 0.2) is 12.1 Å². The second-order valence-electron chi connectivity index (χ2n) is 5.34. The summed E-state index contributed by atoms with van der Waals surface area (Å²) in [6.45, 7) is 6.29. The molecule has 0 saturated heterocycles. The van der Waals surface area contributed by atoms with Crippen molar-refractivity contribution in [3.05, 3.63) is 23.4 Å². The molecule has 17 heavy (non-hydrogen) atoms. The Morgan fingerprint density at radius 1 is 1.59 bits per heavy atom. The van der Waals surface area contributed by atoms with Gasteiger partial charge in [0, 0.05) is 17.3 Å². The van der Waals surface area contributed by atoms with Gasteiger partial charge in [-0.3, -0.25) is 4.79 Å². The Morgan fingerprint density at radius 2 is 2.24 bits per heavy atom. The summed E-state index contributed by atoms with van der Waals surface area (Å²) in [6.07, 6.45) is 1.82. The number of hydrogen-bond acceptors (Lipinski definition) is 3. The van der Waals surface area contributed by atoms with E-state index in [1.807, 2.05) is 6.92 Å². The van der Waals surface area contributed by atoms with Crippen LogP contribution in [0.3, 0.4) is 0 Å². The molecule has 1 aromatic rings. The number of nitrogens with zero attached hydrogens (tertiary/aromatic N) is 1. The van der Waals surface area contributed by atoms with Crippen molar-refractivity contribution < 1.29 is 4.79 Å². The lowest BCUT2D eigenvalue weighted by atomic mass is 10.1. The maximum atomic E-state index is 12.0. The van der Waals surface area contributed by atoms with Crippen LogP contribution in [0.25, 0.3) is 0 Å². The Hall–Kier alpha value is -1.58. The molecule has 0 bridgehead atoms. The Kier molecular flexibility index (Phi) is 2.81. The van der Waals surface area contributed by atoms with Crippen molar-refractivity contribution in [2.75, 3.05) is 5.73 Å². The number of pyridine rings is 1. The SMILES string of the molecule is CCc1cc(C(=O)NC2CC2(C)C)cc(N)n1. The van der Waals surface area contributed by atoms with Crippen molar-refractivity contribution in [3.63, 3.8) is 0 Å². The van der Waals surface area contributed by atoms with Crippen molar-refractivity contribution in [1.82, 2.24) is 10.3 Å². The van der Waals surface area contributed by atoms with Crippen LogP contribution in [0.5, 0.6) is 0 Å². The molecule has 2 rings (SSSR count). The molecule has 1 saturated carbocycles. The molecule has 0 aromatic carbocycles. The van der Waals surface area contributed by atoms with Gasteiger partial charge in [-0.1, -0.05) is 20.8 Å². The summed E-state index contributed by atoms with van der Waals surface area (Å²) in [6, 6.07) is 3.72. The average molecular weight is 233 g/mol. The number of nitrogen functional groups attached to an aromatic ring is 1. The number of aromatic nitrogens is 1. The highest BCUT2D eigenvalue weighted by molar-refractivity contribution is 5.95. The number of anilines is 1. The van der Waals surface area contributed by atoms with E-state index < -0.39 is 0 Å². The van der Waals surface area contributed by atoms with Gasteiger partial charge in [-0.25, -0.2) is 4.98 Å².